The Morgan fingerprint density at radius 1 is 1.33 bits per heavy atom. The molecule has 1 aromatic carbocycles. The fraction of sp³-hybridized carbons (Fsp3) is 0.467. The van der Waals surface area contributed by atoms with E-state index in [1.807, 2.05) is 18.0 Å². The molecule has 1 heterocycles. The van der Waals surface area contributed by atoms with E-state index in [-0.39, 0.29) is 0 Å². The van der Waals surface area contributed by atoms with Gasteiger partial charge in [0.2, 0.25) is 0 Å². The van der Waals surface area contributed by atoms with Crippen LogP contribution in [0.5, 0.6) is 0 Å². The molecule has 1 aliphatic rings. The number of nitrogens with one attached hydrogen (secondary N) is 2. The van der Waals surface area contributed by atoms with Crippen LogP contribution in [0.25, 0.3) is 10.9 Å². The minimum absolute atomic E-state index is 0.702. The first kappa shape index (κ1) is 12.1. The van der Waals surface area contributed by atoms with Gasteiger partial charge in [-0.25, -0.2) is 0 Å². The normalized spacial score (nSPS) is 23.8. The van der Waals surface area contributed by atoms with Gasteiger partial charge in [-0.3, -0.25) is 0 Å². The highest BCUT2D eigenvalue weighted by molar-refractivity contribution is 7.99. The van der Waals surface area contributed by atoms with Gasteiger partial charge in [0.1, 0.15) is 0 Å². The quantitative estimate of drug-likeness (QED) is 0.880. The first-order chi connectivity index (χ1) is 8.86. The molecule has 2 atom stereocenters. The number of thioether (sulfide) groups is 1. The molecule has 96 valence electrons. The van der Waals surface area contributed by atoms with Crippen LogP contribution < -0.4 is 5.32 Å². The summed E-state index contributed by atoms with van der Waals surface area (Å²) in [5.41, 5.74) is 2.66. The van der Waals surface area contributed by atoms with Gasteiger partial charge >= 0.3 is 0 Å². The van der Waals surface area contributed by atoms with E-state index < -0.39 is 0 Å². The SMILES string of the molecule is CSC1CCC(NCc2cccc3cc[nH]c23)C1. The van der Waals surface area contributed by atoms with Crippen molar-refractivity contribution in [2.75, 3.05) is 6.26 Å². The Balaban J connectivity index is 1.65. The molecular weight excluding hydrogens is 240 g/mol. The molecule has 3 heteroatoms. The van der Waals surface area contributed by atoms with Crippen molar-refractivity contribution in [2.24, 2.45) is 0 Å². The first-order valence-corrected chi connectivity index (χ1v) is 7.97. The fourth-order valence-electron chi connectivity index (χ4n) is 2.89. The van der Waals surface area contributed by atoms with Gasteiger partial charge in [0.15, 0.2) is 0 Å². The van der Waals surface area contributed by atoms with E-state index >= 15 is 0 Å². The van der Waals surface area contributed by atoms with Gasteiger partial charge in [-0.2, -0.15) is 11.8 Å². The summed E-state index contributed by atoms with van der Waals surface area (Å²) in [7, 11) is 0. The van der Waals surface area contributed by atoms with E-state index in [2.05, 4.69) is 40.8 Å². The molecular formula is C15H20N2S. The zero-order chi connectivity index (χ0) is 12.4. The average Bonchev–Trinajstić information content (AvgIpc) is 3.05. The lowest BCUT2D eigenvalue weighted by Crippen LogP contribution is -2.26. The summed E-state index contributed by atoms with van der Waals surface area (Å²) in [5.74, 6) is 0. The van der Waals surface area contributed by atoms with Crippen LogP contribution in [0.2, 0.25) is 0 Å². The summed E-state index contributed by atoms with van der Waals surface area (Å²) in [4.78, 5) is 3.34. The van der Waals surface area contributed by atoms with Crippen LogP contribution in [-0.2, 0) is 6.54 Å². The van der Waals surface area contributed by atoms with Gasteiger partial charge in [-0.05, 0) is 42.5 Å². The Morgan fingerprint density at radius 2 is 2.28 bits per heavy atom. The summed E-state index contributed by atoms with van der Waals surface area (Å²) in [5, 5.41) is 5.88. The Morgan fingerprint density at radius 3 is 3.11 bits per heavy atom. The van der Waals surface area contributed by atoms with Gasteiger partial charge < -0.3 is 10.3 Å². The fourth-order valence-corrected chi connectivity index (χ4v) is 3.69. The van der Waals surface area contributed by atoms with Crippen LogP contribution >= 0.6 is 11.8 Å². The molecule has 2 nitrogen and oxygen atoms in total. The van der Waals surface area contributed by atoms with E-state index in [1.54, 1.807) is 0 Å². The second kappa shape index (κ2) is 5.37. The van der Waals surface area contributed by atoms with Crippen molar-refractivity contribution < 1.29 is 0 Å². The molecule has 0 aliphatic heterocycles. The van der Waals surface area contributed by atoms with E-state index in [9.17, 15) is 0 Å². The molecule has 0 spiro atoms. The number of fused-ring (bicyclic) bond motifs is 1. The van der Waals surface area contributed by atoms with Gasteiger partial charge in [-0.1, -0.05) is 18.2 Å². The largest absolute Gasteiger partial charge is 0.361 e. The summed E-state index contributed by atoms with van der Waals surface area (Å²) < 4.78 is 0. The zero-order valence-electron chi connectivity index (χ0n) is 10.8. The van der Waals surface area contributed by atoms with Gasteiger partial charge in [0, 0.05) is 29.6 Å². The number of aromatic amines is 1. The maximum atomic E-state index is 3.71. The molecule has 18 heavy (non-hydrogen) atoms. The smallest absolute Gasteiger partial charge is 0.0499 e. The van der Waals surface area contributed by atoms with Gasteiger partial charge in [0.25, 0.3) is 0 Å². The van der Waals surface area contributed by atoms with Crippen molar-refractivity contribution >= 4 is 22.7 Å². The van der Waals surface area contributed by atoms with E-state index in [0.717, 1.165) is 11.8 Å². The third-order valence-electron chi connectivity index (χ3n) is 3.97. The number of aromatic nitrogens is 1. The highest BCUT2D eigenvalue weighted by atomic mass is 32.2. The zero-order valence-corrected chi connectivity index (χ0v) is 11.6. The average molecular weight is 260 g/mol. The van der Waals surface area contributed by atoms with Crippen molar-refractivity contribution in [1.82, 2.24) is 10.3 Å². The predicted molar refractivity (Wildman–Crippen MR) is 80.1 cm³/mol. The van der Waals surface area contributed by atoms with Crippen LogP contribution in [-0.4, -0.2) is 22.5 Å². The molecule has 0 radical (unpaired) electrons. The molecule has 0 bridgehead atoms. The Labute approximate surface area is 113 Å². The summed E-state index contributed by atoms with van der Waals surface area (Å²) in [6, 6.07) is 9.36. The number of para-hydroxylation sites is 1. The third kappa shape index (κ3) is 2.43. The van der Waals surface area contributed by atoms with Crippen LogP contribution in [0.15, 0.2) is 30.5 Å². The van der Waals surface area contributed by atoms with Crippen LogP contribution in [0.3, 0.4) is 0 Å². The van der Waals surface area contributed by atoms with Gasteiger partial charge in [0.05, 0.1) is 0 Å². The van der Waals surface area contributed by atoms with E-state index in [4.69, 9.17) is 0 Å². The predicted octanol–water partition coefficient (Wildman–Crippen LogP) is 3.54. The minimum atomic E-state index is 0.702. The van der Waals surface area contributed by atoms with Crippen molar-refractivity contribution in [3.05, 3.63) is 36.0 Å². The summed E-state index contributed by atoms with van der Waals surface area (Å²) in [6.07, 6.45) is 8.26. The molecule has 3 rings (SSSR count). The number of H-pyrrole nitrogens is 1. The van der Waals surface area contributed by atoms with E-state index in [0.29, 0.717) is 6.04 Å². The molecule has 1 fully saturated rings. The molecule has 0 saturated heterocycles. The Kier molecular flexibility index (Phi) is 3.62. The molecule has 1 aliphatic carbocycles. The monoisotopic (exact) mass is 260 g/mol. The maximum Gasteiger partial charge on any atom is 0.0499 e. The van der Waals surface area contributed by atoms with Crippen molar-refractivity contribution in [2.45, 2.75) is 37.1 Å². The number of hydrogen-bond acceptors (Lipinski definition) is 2. The maximum absolute atomic E-state index is 3.71. The molecule has 2 aromatic rings. The van der Waals surface area contributed by atoms with Crippen molar-refractivity contribution in [3.63, 3.8) is 0 Å². The number of benzene rings is 1. The van der Waals surface area contributed by atoms with E-state index in [1.165, 1.54) is 35.7 Å². The highest BCUT2D eigenvalue weighted by Gasteiger charge is 2.23. The Hall–Kier alpha value is -0.930. The van der Waals surface area contributed by atoms with Crippen LogP contribution in [0, 0.1) is 0 Å². The lowest BCUT2D eigenvalue weighted by Gasteiger charge is -2.13. The minimum Gasteiger partial charge on any atom is -0.361 e. The molecule has 1 aromatic heterocycles. The second-order valence-electron chi connectivity index (χ2n) is 5.11. The molecule has 2 N–H and O–H groups in total. The second-order valence-corrected chi connectivity index (χ2v) is 6.25. The number of rotatable bonds is 4. The first-order valence-electron chi connectivity index (χ1n) is 6.68. The van der Waals surface area contributed by atoms with Crippen LogP contribution in [0.1, 0.15) is 24.8 Å². The van der Waals surface area contributed by atoms with Crippen molar-refractivity contribution in [1.29, 1.82) is 0 Å². The number of hydrogen-bond donors (Lipinski definition) is 2. The molecule has 2 unspecified atom stereocenters. The lowest BCUT2D eigenvalue weighted by molar-refractivity contribution is 0.526. The third-order valence-corrected chi connectivity index (χ3v) is 5.07. The van der Waals surface area contributed by atoms with Crippen LogP contribution in [0.4, 0.5) is 0 Å². The highest BCUT2D eigenvalue weighted by Crippen LogP contribution is 2.28. The standard InChI is InChI=1S/C15H20N2S/c1-18-14-6-5-13(9-14)17-10-12-4-2-3-11-7-8-16-15(11)12/h2-4,7-8,13-14,16-17H,5-6,9-10H2,1H3. The lowest BCUT2D eigenvalue weighted by atomic mass is 10.1. The molecule has 0 amide bonds. The Bertz CT molecular complexity index is 520. The molecule has 1 saturated carbocycles. The summed E-state index contributed by atoms with van der Waals surface area (Å²) >= 11 is 2.02. The topological polar surface area (TPSA) is 27.8 Å². The summed E-state index contributed by atoms with van der Waals surface area (Å²) in [6.45, 7) is 0.976. The van der Waals surface area contributed by atoms with Crippen molar-refractivity contribution in [3.8, 4) is 0 Å². The van der Waals surface area contributed by atoms with Gasteiger partial charge in [-0.15, -0.1) is 0 Å².